The zero-order valence-corrected chi connectivity index (χ0v) is 20.4. The highest BCUT2D eigenvalue weighted by atomic mass is 35.5. The number of hydrogen-bond donors (Lipinski definition) is 3. The van der Waals surface area contributed by atoms with Crippen molar-refractivity contribution in [1.29, 1.82) is 0 Å². The number of benzene rings is 1. The maximum Gasteiger partial charge on any atom is 0.426 e. The fraction of sp³-hybridized carbons (Fsp3) is 0.364. The molecule has 1 aliphatic rings. The lowest BCUT2D eigenvalue weighted by molar-refractivity contribution is -0.249. The molecular weight excluding hydrogens is 565 g/mol. The fourth-order valence-electron chi connectivity index (χ4n) is 4.09. The number of nitrogens with zero attached hydrogens (tertiary/aromatic N) is 4. The first kappa shape index (κ1) is 28.4. The number of carbonyl (C=O) groups is 2. The zero-order valence-electron chi connectivity index (χ0n) is 19.6. The number of fused-ring (bicyclic) bond motifs is 1. The van der Waals surface area contributed by atoms with E-state index in [0.717, 1.165) is 23.0 Å². The van der Waals surface area contributed by atoms with Gasteiger partial charge in [0.25, 0.3) is 11.8 Å². The summed E-state index contributed by atoms with van der Waals surface area (Å²) in [4.78, 5) is 29.1. The van der Waals surface area contributed by atoms with Crippen LogP contribution in [-0.4, -0.2) is 73.5 Å². The molecule has 2 amide bonds. The molecule has 0 radical (unpaired) electrons. The van der Waals surface area contributed by atoms with Crippen LogP contribution >= 0.6 is 11.6 Å². The van der Waals surface area contributed by atoms with Gasteiger partial charge in [-0.05, 0) is 25.1 Å². The molecule has 39 heavy (non-hydrogen) atoms. The average Bonchev–Trinajstić information content (AvgIpc) is 3.40. The third kappa shape index (κ3) is 5.05. The molecule has 0 saturated carbocycles. The third-order valence-corrected chi connectivity index (χ3v) is 6.55. The number of aromatic nitrogens is 3. The average molecular weight is 583 g/mol. The molecule has 210 valence electrons. The molecule has 4 N–H and O–H groups in total. The Kier molecular flexibility index (Phi) is 6.92. The van der Waals surface area contributed by atoms with E-state index in [1.165, 1.54) is 12.1 Å². The quantitative estimate of drug-likeness (QED) is 0.406. The molecule has 3 heterocycles. The Morgan fingerprint density at radius 1 is 1.15 bits per heavy atom. The van der Waals surface area contributed by atoms with Crippen molar-refractivity contribution in [2.24, 2.45) is 0 Å². The highest BCUT2D eigenvalue weighted by Crippen LogP contribution is 2.39. The first-order valence-corrected chi connectivity index (χ1v) is 11.3. The standard InChI is InChI=1S/C22H18ClF7N6O3/c1-20(39,22(28,29)30)19(38)35-6-13(24)14(7-35)34-18(37)10-4-9(2-3-12(10)23)15-5-11(21(25,26)27)16-17(31)32-8-33-36(15)16/h2-5,8,13-14,39H,6-7H2,1H3,(H,34,37)(H2,31,32,33)/t13-,14+,20+/m0/s1. The predicted molar refractivity (Wildman–Crippen MR) is 122 cm³/mol. The van der Waals surface area contributed by atoms with Crippen LogP contribution in [0.5, 0.6) is 0 Å². The highest BCUT2D eigenvalue weighted by Gasteiger charge is 2.58. The number of rotatable bonds is 4. The number of nitrogens with one attached hydrogen (secondary N) is 1. The van der Waals surface area contributed by atoms with E-state index in [2.05, 4.69) is 15.4 Å². The SMILES string of the molecule is C[C@@](O)(C(=O)N1C[C@H](F)[C@H](NC(=O)c2cc(-c3cc(C(F)(F)F)c4c(N)ncnn34)ccc2Cl)C1)C(F)(F)F. The molecule has 0 aliphatic carbocycles. The third-order valence-electron chi connectivity index (χ3n) is 6.22. The van der Waals surface area contributed by atoms with Gasteiger partial charge < -0.3 is 21.1 Å². The van der Waals surface area contributed by atoms with Crippen LogP contribution in [0.2, 0.25) is 5.02 Å². The second kappa shape index (κ2) is 9.51. The van der Waals surface area contributed by atoms with Crippen molar-refractivity contribution in [3.8, 4) is 11.3 Å². The smallest absolute Gasteiger partial charge is 0.382 e. The summed E-state index contributed by atoms with van der Waals surface area (Å²) in [7, 11) is 0. The van der Waals surface area contributed by atoms with Gasteiger partial charge in [-0.2, -0.15) is 31.4 Å². The minimum atomic E-state index is -5.32. The lowest BCUT2D eigenvalue weighted by atomic mass is 10.1. The van der Waals surface area contributed by atoms with Gasteiger partial charge in [0.1, 0.15) is 18.0 Å². The Balaban J connectivity index is 1.62. The summed E-state index contributed by atoms with van der Waals surface area (Å²) in [5.74, 6) is -3.26. The summed E-state index contributed by atoms with van der Waals surface area (Å²) < 4.78 is 95.4. The van der Waals surface area contributed by atoms with Gasteiger partial charge in [0.15, 0.2) is 5.82 Å². The van der Waals surface area contributed by atoms with E-state index in [4.69, 9.17) is 17.3 Å². The Morgan fingerprint density at radius 2 is 1.82 bits per heavy atom. The maximum absolute atomic E-state index is 14.6. The molecule has 1 saturated heterocycles. The minimum absolute atomic E-state index is 0.0365. The van der Waals surface area contributed by atoms with Gasteiger partial charge in [-0.1, -0.05) is 17.7 Å². The van der Waals surface area contributed by atoms with Crippen molar-refractivity contribution in [1.82, 2.24) is 24.8 Å². The van der Waals surface area contributed by atoms with Gasteiger partial charge >= 0.3 is 12.4 Å². The van der Waals surface area contributed by atoms with Crippen LogP contribution < -0.4 is 11.1 Å². The first-order chi connectivity index (χ1) is 17.9. The first-order valence-electron chi connectivity index (χ1n) is 11.0. The van der Waals surface area contributed by atoms with Crippen molar-refractivity contribution in [2.45, 2.75) is 37.1 Å². The lowest BCUT2D eigenvalue weighted by Crippen LogP contribution is -2.56. The molecule has 2 aromatic heterocycles. The largest absolute Gasteiger partial charge is 0.426 e. The molecule has 1 aromatic carbocycles. The second-order valence-electron chi connectivity index (χ2n) is 8.92. The second-order valence-corrected chi connectivity index (χ2v) is 9.32. The van der Waals surface area contributed by atoms with Crippen molar-refractivity contribution < 1.29 is 45.4 Å². The van der Waals surface area contributed by atoms with E-state index in [1.807, 2.05) is 0 Å². The number of anilines is 1. The van der Waals surface area contributed by atoms with Gasteiger partial charge in [-0.3, -0.25) is 9.59 Å². The summed E-state index contributed by atoms with van der Waals surface area (Å²) in [5, 5.41) is 15.5. The fourth-order valence-corrected chi connectivity index (χ4v) is 4.29. The van der Waals surface area contributed by atoms with Crippen LogP contribution in [0.25, 0.3) is 16.8 Å². The molecule has 0 unspecified atom stereocenters. The Labute approximate surface area is 219 Å². The van der Waals surface area contributed by atoms with Gasteiger partial charge in [0.05, 0.1) is 34.4 Å². The Morgan fingerprint density at radius 3 is 2.44 bits per heavy atom. The van der Waals surface area contributed by atoms with Crippen LogP contribution in [0.4, 0.5) is 36.6 Å². The summed E-state index contributed by atoms with van der Waals surface area (Å²) in [5.41, 5.74) is -0.197. The number of aliphatic hydroxyl groups is 1. The summed E-state index contributed by atoms with van der Waals surface area (Å²) >= 11 is 6.10. The number of amides is 2. The number of nitrogen functional groups attached to an aromatic ring is 1. The van der Waals surface area contributed by atoms with Crippen LogP contribution in [0.3, 0.4) is 0 Å². The lowest BCUT2D eigenvalue weighted by Gasteiger charge is -2.29. The summed E-state index contributed by atoms with van der Waals surface area (Å²) in [6.07, 6.45) is -11.2. The van der Waals surface area contributed by atoms with Crippen molar-refractivity contribution >= 4 is 34.7 Å². The predicted octanol–water partition coefficient (Wildman–Crippen LogP) is 3.24. The minimum Gasteiger partial charge on any atom is -0.382 e. The maximum atomic E-state index is 14.6. The number of alkyl halides is 7. The van der Waals surface area contributed by atoms with Crippen LogP contribution in [-0.2, 0) is 11.0 Å². The molecule has 4 rings (SSSR count). The van der Waals surface area contributed by atoms with Gasteiger partial charge in [-0.25, -0.2) is 13.9 Å². The van der Waals surface area contributed by atoms with E-state index in [1.54, 1.807) is 0 Å². The molecule has 0 bridgehead atoms. The number of halogens is 8. The van der Waals surface area contributed by atoms with Crippen molar-refractivity contribution in [3.63, 3.8) is 0 Å². The highest BCUT2D eigenvalue weighted by molar-refractivity contribution is 6.34. The van der Waals surface area contributed by atoms with E-state index < -0.39 is 72.0 Å². The van der Waals surface area contributed by atoms with Gasteiger partial charge in [-0.15, -0.1) is 0 Å². The molecule has 3 aromatic rings. The Bertz CT molecular complexity index is 1460. The van der Waals surface area contributed by atoms with E-state index in [9.17, 15) is 45.4 Å². The summed E-state index contributed by atoms with van der Waals surface area (Å²) in [6, 6.07) is 2.88. The number of likely N-dealkylation sites (tertiary alicyclic amines) is 1. The molecule has 3 atom stereocenters. The number of nitrogens with two attached hydrogens (primary N) is 1. The van der Waals surface area contributed by atoms with Crippen LogP contribution in [0, 0.1) is 0 Å². The molecule has 0 spiro atoms. The normalized spacial score (nSPS) is 19.8. The van der Waals surface area contributed by atoms with E-state index in [-0.39, 0.29) is 28.8 Å². The van der Waals surface area contributed by atoms with Crippen molar-refractivity contribution in [2.75, 3.05) is 18.8 Å². The van der Waals surface area contributed by atoms with Gasteiger partial charge in [0, 0.05) is 12.1 Å². The monoisotopic (exact) mass is 582 g/mol. The van der Waals surface area contributed by atoms with E-state index >= 15 is 0 Å². The molecule has 9 nitrogen and oxygen atoms in total. The zero-order chi connectivity index (χ0) is 29.1. The van der Waals surface area contributed by atoms with Crippen LogP contribution in [0.1, 0.15) is 22.8 Å². The summed E-state index contributed by atoms with van der Waals surface area (Å²) in [6.45, 7) is -1.29. The number of hydrogen-bond acceptors (Lipinski definition) is 6. The van der Waals surface area contributed by atoms with Gasteiger partial charge in [0.2, 0.25) is 5.60 Å². The van der Waals surface area contributed by atoms with Crippen LogP contribution in [0.15, 0.2) is 30.6 Å². The van der Waals surface area contributed by atoms with E-state index in [0.29, 0.717) is 4.90 Å². The topological polar surface area (TPSA) is 126 Å². The molecule has 1 fully saturated rings. The molecular formula is C22H18ClF7N6O3. The molecule has 1 aliphatic heterocycles. The number of carbonyl (C=O) groups excluding carboxylic acids is 2. The Hall–Kier alpha value is -3.66. The molecule has 17 heteroatoms. The van der Waals surface area contributed by atoms with Crippen molar-refractivity contribution in [3.05, 3.63) is 46.7 Å².